The topological polar surface area (TPSA) is 168 Å². The van der Waals surface area contributed by atoms with Gasteiger partial charge in [-0.2, -0.15) is 0 Å². The molecular weight excluding hydrogens is 248 g/mol. The number of aliphatic hydroxyl groups is 4. The molecule has 1 unspecified atom stereocenters. The molecule has 1 saturated heterocycles. The number of rotatable bonds is 3. The van der Waals surface area contributed by atoms with E-state index in [2.05, 4.69) is 15.3 Å². The molecule has 5 atom stereocenters. The van der Waals surface area contributed by atoms with Crippen LogP contribution in [0.4, 0.5) is 0 Å². The Morgan fingerprint density at radius 3 is 2.61 bits per heavy atom. The van der Waals surface area contributed by atoms with E-state index in [0.29, 0.717) is 0 Å². The number of amides is 1. The Hall–Kier alpha value is -1.42. The molecular formula is C8H14N4O6. The van der Waals surface area contributed by atoms with Crippen LogP contribution in [0.5, 0.6) is 0 Å². The van der Waals surface area contributed by atoms with Crippen LogP contribution in [0.3, 0.4) is 0 Å². The van der Waals surface area contributed by atoms with Crippen molar-refractivity contribution in [3.8, 4) is 0 Å². The van der Waals surface area contributed by atoms with Gasteiger partial charge in [-0.1, -0.05) is 0 Å². The van der Waals surface area contributed by atoms with Gasteiger partial charge in [0.1, 0.15) is 24.4 Å². The summed E-state index contributed by atoms with van der Waals surface area (Å²) in [6.07, 6.45) is -4.57. The minimum absolute atomic E-state index is 0.635. The van der Waals surface area contributed by atoms with Crippen LogP contribution in [0.2, 0.25) is 0 Å². The van der Waals surface area contributed by atoms with Crippen LogP contribution in [0.1, 0.15) is 6.92 Å². The first-order valence-corrected chi connectivity index (χ1v) is 5.06. The molecule has 1 amide bonds. The molecule has 10 nitrogen and oxygen atoms in total. The number of carbonyl (C=O) groups is 1. The van der Waals surface area contributed by atoms with E-state index >= 15 is 0 Å². The van der Waals surface area contributed by atoms with Gasteiger partial charge in [-0.15, -0.1) is 0 Å². The summed E-state index contributed by atoms with van der Waals surface area (Å²) in [6.45, 7) is 0.391. The summed E-state index contributed by atoms with van der Waals surface area (Å²) < 4.78 is 4.82. The molecule has 10 heteroatoms. The van der Waals surface area contributed by atoms with Crippen LogP contribution in [0.15, 0.2) is 5.11 Å². The lowest BCUT2D eigenvalue weighted by atomic mass is 9.94. The van der Waals surface area contributed by atoms with Crippen LogP contribution in [-0.4, -0.2) is 63.2 Å². The zero-order valence-corrected chi connectivity index (χ0v) is 9.46. The predicted molar refractivity (Wildman–Crippen MR) is 55.7 cm³/mol. The van der Waals surface area contributed by atoms with E-state index in [0.717, 1.165) is 6.92 Å². The molecule has 0 aliphatic carbocycles. The van der Waals surface area contributed by atoms with E-state index in [1.165, 1.54) is 0 Å². The first kappa shape index (κ1) is 14.6. The van der Waals surface area contributed by atoms with Crippen molar-refractivity contribution >= 4 is 5.91 Å². The fraction of sp³-hybridized carbons (Fsp3) is 0.875. The zero-order valence-electron chi connectivity index (χ0n) is 9.46. The Morgan fingerprint density at radius 2 is 2.17 bits per heavy atom. The monoisotopic (exact) mass is 262 g/mol. The normalized spacial score (nSPS) is 39.8. The van der Waals surface area contributed by atoms with Gasteiger partial charge in [0.2, 0.25) is 5.91 Å². The molecule has 0 bridgehead atoms. The first-order valence-electron chi connectivity index (χ1n) is 5.06. The van der Waals surface area contributed by atoms with Gasteiger partial charge < -0.3 is 30.5 Å². The van der Waals surface area contributed by atoms with E-state index in [4.69, 9.17) is 15.4 Å². The highest BCUT2D eigenvalue weighted by atomic mass is 16.7. The summed E-state index contributed by atoms with van der Waals surface area (Å²) in [6, 6.07) is -1.55. The van der Waals surface area contributed by atoms with Crippen molar-refractivity contribution in [1.82, 2.24) is 5.32 Å². The van der Waals surface area contributed by atoms with Crippen molar-refractivity contribution in [3.05, 3.63) is 10.4 Å². The molecule has 0 saturated carbocycles. The summed E-state index contributed by atoms with van der Waals surface area (Å²) in [4.78, 5) is 13.3. The van der Waals surface area contributed by atoms with E-state index in [1.54, 1.807) is 0 Å². The largest absolute Gasteiger partial charge is 0.394 e. The fourth-order valence-corrected chi connectivity index (χ4v) is 1.70. The van der Waals surface area contributed by atoms with Gasteiger partial charge in [0.25, 0.3) is 5.91 Å². The highest BCUT2D eigenvalue weighted by Gasteiger charge is 2.53. The third-order valence-electron chi connectivity index (χ3n) is 2.53. The highest BCUT2D eigenvalue weighted by Crippen LogP contribution is 2.29. The number of nitrogens with zero attached hydrogens (tertiary/aromatic N) is 3. The average molecular weight is 262 g/mol. The molecule has 0 radical (unpaired) electrons. The SMILES string of the molecule is CC(=O)N[C@H]1[C@@H](O)[C@H](O)[C@@H](CO)OC1(O)N=[N+]=[N-]. The van der Waals surface area contributed by atoms with E-state index in [-0.39, 0.29) is 0 Å². The second kappa shape index (κ2) is 5.48. The zero-order chi connectivity index (χ0) is 13.9. The number of ether oxygens (including phenoxy) is 1. The number of hydrogen-bond acceptors (Lipinski definition) is 7. The van der Waals surface area contributed by atoms with Gasteiger partial charge in [0, 0.05) is 11.8 Å². The van der Waals surface area contributed by atoms with Crippen molar-refractivity contribution in [3.63, 3.8) is 0 Å². The highest BCUT2D eigenvalue weighted by molar-refractivity contribution is 5.73. The summed E-state index contributed by atoms with van der Waals surface area (Å²) >= 11 is 0. The Balaban J connectivity index is 3.09. The lowest BCUT2D eigenvalue weighted by Gasteiger charge is -2.45. The number of hydrogen-bond donors (Lipinski definition) is 5. The second-order valence-corrected chi connectivity index (χ2v) is 3.85. The van der Waals surface area contributed by atoms with E-state index in [1.807, 2.05) is 0 Å². The Bertz CT molecular complexity index is 373. The van der Waals surface area contributed by atoms with Crippen LogP contribution >= 0.6 is 0 Å². The summed E-state index contributed by atoms with van der Waals surface area (Å²) in [7, 11) is 0. The van der Waals surface area contributed by atoms with Gasteiger partial charge in [-0.05, 0) is 10.6 Å². The molecule has 0 spiro atoms. The molecule has 0 aromatic heterocycles. The number of azide groups is 1. The van der Waals surface area contributed by atoms with Crippen LogP contribution in [0.25, 0.3) is 10.4 Å². The Kier molecular flexibility index (Phi) is 4.46. The van der Waals surface area contributed by atoms with Crippen LogP contribution in [-0.2, 0) is 9.53 Å². The summed E-state index contributed by atoms with van der Waals surface area (Å²) in [5.41, 5.74) is 8.35. The lowest BCUT2D eigenvalue weighted by molar-refractivity contribution is -0.315. The average Bonchev–Trinajstić information content (AvgIpc) is 2.30. The molecule has 0 aromatic carbocycles. The van der Waals surface area contributed by atoms with Crippen molar-refractivity contribution in [2.45, 2.75) is 37.2 Å². The van der Waals surface area contributed by atoms with Crippen molar-refractivity contribution in [2.75, 3.05) is 6.61 Å². The molecule has 18 heavy (non-hydrogen) atoms. The predicted octanol–water partition coefficient (Wildman–Crippen LogP) is -2.44. The maximum absolute atomic E-state index is 11.0. The van der Waals surface area contributed by atoms with E-state index < -0.39 is 42.8 Å². The molecule has 1 heterocycles. The van der Waals surface area contributed by atoms with Gasteiger partial charge in [0.15, 0.2) is 0 Å². The smallest absolute Gasteiger partial charge is 0.270 e. The third kappa shape index (κ3) is 2.70. The lowest BCUT2D eigenvalue weighted by Crippen LogP contribution is -2.69. The quantitative estimate of drug-likeness (QED) is 0.215. The number of carbonyl (C=O) groups excluding carboxylic acids is 1. The molecule has 1 aliphatic rings. The number of aliphatic hydroxyl groups excluding tert-OH is 3. The maximum Gasteiger partial charge on any atom is 0.270 e. The Morgan fingerprint density at radius 1 is 1.56 bits per heavy atom. The molecule has 102 valence electrons. The fourth-order valence-electron chi connectivity index (χ4n) is 1.70. The van der Waals surface area contributed by atoms with Crippen LogP contribution < -0.4 is 5.32 Å². The minimum Gasteiger partial charge on any atom is -0.394 e. The molecule has 5 N–H and O–H groups in total. The standard InChI is InChI=1S/C8H14N4O6/c1-3(14)10-7-6(16)5(15)4(2-13)18-8(7,17)11-12-9/h4-7,13,15-17H,2H2,1H3,(H,10,14)/t4-,5-,6+,7+,8?/m1/s1. The van der Waals surface area contributed by atoms with Gasteiger partial charge in [0.05, 0.1) is 6.61 Å². The van der Waals surface area contributed by atoms with Gasteiger partial charge in [-0.25, -0.2) is 0 Å². The molecule has 1 aliphatic heterocycles. The third-order valence-corrected chi connectivity index (χ3v) is 2.53. The molecule has 0 aromatic rings. The first-order chi connectivity index (χ1) is 8.35. The van der Waals surface area contributed by atoms with Crippen molar-refractivity contribution < 1.29 is 30.0 Å². The molecule has 1 fully saturated rings. The summed E-state index contributed by atoms with van der Waals surface area (Å²) in [5.74, 6) is -3.23. The van der Waals surface area contributed by atoms with Gasteiger partial charge in [-0.3, -0.25) is 4.79 Å². The summed E-state index contributed by atoms with van der Waals surface area (Å²) in [5, 5.41) is 43.3. The van der Waals surface area contributed by atoms with Gasteiger partial charge >= 0.3 is 0 Å². The Labute approximate surface area is 101 Å². The molecule has 1 rings (SSSR count). The second-order valence-electron chi connectivity index (χ2n) is 3.85. The number of nitrogens with one attached hydrogen (secondary N) is 1. The maximum atomic E-state index is 11.0. The van der Waals surface area contributed by atoms with Crippen molar-refractivity contribution in [2.24, 2.45) is 5.11 Å². The van der Waals surface area contributed by atoms with Crippen molar-refractivity contribution in [1.29, 1.82) is 0 Å². The van der Waals surface area contributed by atoms with E-state index in [9.17, 15) is 20.1 Å². The minimum atomic E-state index is -2.59. The van der Waals surface area contributed by atoms with Crippen LogP contribution in [0, 0.1) is 0 Å².